The maximum atomic E-state index is 12.4. The fourth-order valence-corrected chi connectivity index (χ4v) is 4.89. The lowest BCUT2D eigenvalue weighted by Crippen LogP contribution is -2.01. The van der Waals surface area contributed by atoms with E-state index >= 15 is 0 Å². The van der Waals surface area contributed by atoms with Gasteiger partial charge in [0.05, 0.1) is 7.57 Å². The Morgan fingerprint density at radius 2 is 1.71 bits per heavy atom. The Hall–Kier alpha value is 0.510. The zero-order chi connectivity index (χ0) is 12.6. The number of halogens is 4. The van der Waals surface area contributed by atoms with E-state index in [1.165, 1.54) is 11.3 Å². The highest BCUT2D eigenvalue weighted by atomic mass is 79.9. The van der Waals surface area contributed by atoms with E-state index in [1.807, 2.05) is 24.3 Å². The van der Waals surface area contributed by atoms with Crippen LogP contribution >= 0.6 is 75.1 Å². The van der Waals surface area contributed by atoms with Crippen LogP contribution in [-0.2, 0) is 0 Å². The van der Waals surface area contributed by atoms with Crippen molar-refractivity contribution in [3.8, 4) is 0 Å². The van der Waals surface area contributed by atoms with Crippen LogP contribution in [0.2, 0.25) is 0 Å². The fourth-order valence-electron chi connectivity index (χ4n) is 1.31. The second-order valence-corrected chi connectivity index (χ2v) is 8.71. The molecule has 0 bridgehead atoms. The monoisotopic (exact) mass is 500 g/mol. The minimum atomic E-state index is -0.00741. The molecule has 6 heteroatoms. The summed E-state index contributed by atoms with van der Waals surface area (Å²) in [5.41, 5.74) is 1.31. The summed E-state index contributed by atoms with van der Waals surface area (Å²) in [4.78, 5) is 12.4. The Labute approximate surface area is 136 Å². The molecular weight excluding hydrogens is 500 g/mol. The third-order valence-corrected chi connectivity index (χ3v) is 5.60. The molecule has 0 unspecified atom stereocenters. The van der Waals surface area contributed by atoms with E-state index in [9.17, 15) is 4.79 Å². The predicted molar refractivity (Wildman–Crippen MR) is 85.0 cm³/mol. The molecule has 0 atom stereocenters. The van der Waals surface area contributed by atoms with Crippen molar-refractivity contribution in [3.05, 3.63) is 51.9 Å². The Morgan fingerprint density at radius 1 is 1.00 bits per heavy atom. The number of carbonyl (C=O) groups is 1. The van der Waals surface area contributed by atoms with Crippen LogP contribution in [0.4, 0.5) is 0 Å². The van der Waals surface area contributed by atoms with Crippen molar-refractivity contribution in [2.24, 2.45) is 0 Å². The average molecular weight is 504 g/mol. The van der Waals surface area contributed by atoms with E-state index in [1.54, 1.807) is 0 Å². The number of hydrogen-bond donors (Lipinski definition) is 0. The number of rotatable bonds is 2. The van der Waals surface area contributed by atoms with E-state index in [2.05, 4.69) is 63.7 Å². The number of ketones is 1. The minimum Gasteiger partial charge on any atom is -0.288 e. The topological polar surface area (TPSA) is 17.1 Å². The van der Waals surface area contributed by atoms with E-state index < -0.39 is 0 Å². The van der Waals surface area contributed by atoms with Gasteiger partial charge in [-0.05, 0) is 56.1 Å². The molecule has 0 N–H and O–H groups in total. The molecule has 0 saturated heterocycles. The molecule has 0 amide bonds. The third-order valence-electron chi connectivity index (χ3n) is 2.07. The van der Waals surface area contributed by atoms with Crippen LogP contribution in [-0.4, -0.2) is 5.78 Å². The predicted octanol–water partition coefficient (Wildman–Crippen LogP) is 6.03. The van der Waals surface area contributed by atoms with Crippen molar-refractivity contribution < 1.29 is 4.79 Å². The molecule has 0 fully saturated rings. The van der Waals surface area contributed by atoms with Gasteiger partial charge in [0.1, 0.15) is 0 Å². The molecule has 2 aromatic rings. The maximum absolute atomic E-state index is 12.4. The largest absolute Gasteiger partial charge is 0.288 e. The lowest BCUT2D eigenvalue weighted by atomic mass is 10.1. The van der Waals surface area contributed by atoms with E-state index in [-0.39, 0.29) is 5.78 Å². The molecule has 0 spiro atoms. The number of hydrogen-bond acceptors (Lipinski definition) is 2. The summed E-state index contributed by atoms with van der Waals surface area (Å²) < 4.78 is 3.44. The Kier molecular flexibility index (Phi) is 4.63. The highest BCUT2D eigenvalue weighted by Crippen LogP contribution is 2.34. The first-order valence-corrected chi connectivity index (χ1v) is 8.42. The van der Waals surface area contributed by atoms with Gasteiger partial charge in [0.25, 0.3) is 0 Å². The lowest BCUT2D eigenvalue weighted by Gasteiger charge is -2.03. The van der Waals surface area contributed by atoms with Crippen LogP contribution in [0.25, 0.3) is 0 Å². The van der Waals surface area contributed by atoms with Crippen LogP contribution in [0.15, 0.2) is 40.8 Å². The van der Waals surface area contributed by atoms with E-state index in [0.717, 1.165) is 16.5 Å². The summed E-state index contributed by atoms with van der Waals surface area (Å²) >= 11 is 15.0. The molecule has 0 radical (unpaired) electrons. The Balaban J connectivity index is 2.50. The molecule has 0 saturated carbocycles. The second kappa shape index (κ2) is 5.65. The molecule has 0 aliphatic rings. The van der Waals surface area contributed by atoms with Crippen LogP contribution in [0.3, 0.4) is 0 Å². The smallest absolute Gasteiger partial charge is 0.196 e. The van der Waals surface area contributed by atoms with Crippen molar-refractivity contribution >= 4 is 80.8 Å². The molecule has 17 heavy (non-hydrogen) atoms. The quantitative estimate of drug-likeness (QED) is 0.457. The minimum absolute atomic E-state index is 0.00741. The van der Waals surface area contributed by atoms with Crippen LogP contribution in [0.1, 0.15) is 15.9 Å². The average Bonchev–Trinajstić information content (AvgIpc) is 2.60. The zero-order valence-electron chi connectivity index (χ0n) is 8.14. The molecule has 1 heterocycles. The molecular formula is C11H4Br4OS. The summed E-state index contributed by atoms with van der Waals surface area (Å²) in [6.07, 6.45) is 0. The summed E-state index contributed by atoms with van der Waals surface area (Å²) in [7, 11) is 0. The molecule has 0 aliphatic carbocycles. The summed E-state index contributed by atoms with van der Waals surface area (Å²) in [5, 5.41) is 0. The lowest BCUT2D eigenvalue weighted by molar-refractivity contribution is 0.103. The van der Waals surface area contributed by atoms with Gasteiger partial charge in [0, 0.05) is 20.1 Å². The Morgan fingerprint density at radius 3 is 2.29 bits per heavy atom. The molecule has 0 aliphatic heterocycles. The molecule has 2 rings (SSSR count). The molecule has 1 aromatic heterocycles. The first kappa shape index (κ1) is 13.9. The van der Waals surface area contributed by atoms with Gasteiger partial charge in [-0.2, -0.15) is 0 Å². The maximum Gasteiger partial charge on any atom is 0.196 e. The van der Waals surface area contributed by atoms with Crippen molar-refractivity contribution in [2.45, 2.75) is 0 Å². The first-order chi connectivity index (χ1) is 7.99. The van der Waals surface area contributed by atoms with Crippen molar-refractivity contribution in [3.63, 3.8) is 0 Å². The Bertz CT molecular complexity index is 591. The summed E-state index contributed by atoms with van der Waals surface area (Å²) in [6, 6.07) is 7.38. The molecule has 1 aromatic carbocycles. The highest BCUT2D eigenvalue weighted by molar-refractivity contribution is 9.12. The van der Waals surface area contributed by atoms with Gasteiger partial charge >= 0.3 is 0 Å². The summed E-state index contributed by atoms with van der Waals surface area (Å²) in [5.74, 6) is -0.00741. The molecule has 1 nitrogen and oxygen atoms in total. The van der Waals surface area contributed by atoms with Crippen LogP contribution < -0.4 is 0 Å². The fraction of sp³-hybridized carbons (Fsp3) is 0. The first-order valence-electron chi connectivity index (χ1n) is 4.43. The van der Waals surface area contributed by atoms with Gasteiger partial charge in [-0.3, -0.25) is 4.79 Å². The van der Waals surface area contributed by atoms with Crippen LogP contribution in [0.5, 0.6) is 0 Å². The van der Waals surface area contributed by atoms with Gasteiger partial charge in [-0.25, -0.2) is 0 Å². The highest BCUT2D eigenvalue weighted by Gasteiger charge is 2.18. The van der Waals surface area contributed by atoms with Crippen molar-refractivity contribution in [1.82, 2.24) is 0 Å². The van der Waals surface area contributed by atoms with Crippen LogP contribution in [0, 0.1) is 0 Å². The third kappa shape index (κ3) is 3.10. The van der Waals surface area contributed by atoms with E-state index in [4.69, 9.17) is 0 Å². The number of carbonyl (C=O) groups excluding carboxylic acids is 1. The van der Waals surface area contributed by atoms with Gasteiger partial charge in [0.15, 0.2) is 5.78 Å². The van der Waals surface area contributed by atoms with E-state index in [0.29, 0.717) is 11.1 Å². The standard InChI is InChI=1S/C11H4Br4OS/c12-5-1-2-8(13)6(3-5)10(16)7-4-9(14)17-11(7)15/h1-4H. The molecule has 88 valence electrons. The second-order valence-electron chi connectivity index (χ2n) is 3.19. The van der Waals surface area contributed by atoms with Gasteiger partial charge in [-0.15, -0.1) is 11.3 Å². The van der Waals surface area contributed by atoms with Gasteiger partial charge in [0.2, 0.25) is 0 Å². The summed E-state index contributed by atoms with van der Waals surface area (Å²) in [6.45, 7) is 0. The van der Waals surface area contributed by atoms with Crippen molar-refractivity contribution in [2.75, 3.05) is 0 Å². The SMILES string of the molecule is O=C(c1cc(Br)ccc1Br)c1cc(Br)sc1Br. The normalized spacial score (nSPS) is 10.6. The zero-order valence-corrected chi connectivity index (χ0v) is 15.3. The number of thiophene rings is 1. The number of benzene rings is 1. The van der Waals surface area contributed by atoms with Gasteiger partial charge < -0.3 is 0 Å². The van der Waals surface area contributed by atoms with Crippen molar-refractivity contribution in [1.29, 1.82) is 0 Å². The van der Waals surface area contributed by atoms with Gasteiger partial charge in [-0.1, -0.05) is 31.9 Å².